The number of nitrogens with one attached hydrogen (secondary N) is 1. The number of amides is 3. The van der Waals surface area contributed by atoms with E-state index in [1.54, 1.807) is 7.05 Å². The van der Waals surface area contributed by atoms with E-state index in [-0.39, 0.29) is 56.0 Å². The standard InChI is InChI=1S/C37H42N4O8S/c1-23-12-14-26(15-13-23)32-31(34(42)38-2)30-20-29(25-16-17-25)33(39-35(30)49-32)40(50(4,45)46)18-8-11-27(21-47-3)36(43)41-28(22-48-37(41)44)19-24-9-6-5-7-10-24/h5-7,9-10,12-15,20,25,27-28H,8,11,16-19,21-22H2,1-4H3,(H,38,42). The van der Waals surface area contributed by atoms with Crippen LogP contribution in [0, 0.1) is 12.8 Å². The van der Waals surface area contributed by atoms with Crippen LogP contribution in [-0.4, -0.2) is 82.4 Å². The molecule has 1 N–H and O–H groups in total. The van der Waals surface area contributed by atoms with Crippen LogP contribution in [0.4, 0.5) is 10.6 Å². The number of sulfonamides is 1. The molecule has 1 aliphatic heterocycles. The van der Waals surface area contributed by atoms with Crippen LogP contribution in [0.15, 0.2) is 65.1 Å². The summed E-state index contributed by atoms with van der Waals surface area (Å²) >= 11 is 0. The van der Waals surface area contributed by atoms with E-state index in [2.05, 4.69) is 5.32 Å². The van der Waals surface area contributed by atoms with Crippen LogP contribution in [0.2, 0.25) is 0 Å². The van der Waals surface area contributed by atoms with Crippen LogP contribution in [0.3, 0.4) is 0 Å². The van der Waals surface area contributed by atoms with Crippen molar-refractivity contribution in [2.75, 3.05) is 44.5 Å². The maximum atomic E-state index is 13.8. The van der Waals surface area contributed by atoms with E-state index in [0.717, 1.165) is 35.8 Å². The van der Waals surface area contributed by atoms with Gasteiger partial charge in [0.1, 0.15) is 18.2 Å². The van der Waals surface area contributed by atoms with Gasteiger partial charge >= 0.3 is 6.09 Å². The first-order valence-electron chi connectivity index (χ1n) is 16.8. The summed E-state index contributed by atoms with van der Waals surface area (Å²) in [6.45, 7) is 2.14. The van der Waals surface area contributed by atoms with Crippen molar-refractivity contribution in [2.24, 2.45) is 5.92 Å². The number of hydrogen-bond acceptors (Lipinski definition) is 9. The van der Waals surface area contributed by atoms with Crippen LogP contribution < -0.4 is 9.62 Å². The summed E-state index contributed by atoms with van der Waals surface area (Å²) in [7, 11) is -0.815. The normalized spacial score (nSPS) is 16.8. The molecule has 2 aromatic carbocycles. The molecular weight excluding hydrogens is 660 g/mol. The quantitative estimate of drug-likeness (QED) is 0.181. The zero-order valence-corrected chi connectivity index (χ0v) is 29.5. The first-order valence-corrected chi connectivity index (χ1v) is 18.6. The zero-order chi connectivity index (χ0) is 35.6. The number of pyridine rings is 1. The predicted molar refractivity (Wildman–Crippen MR) is 188 cm³/mol. The number of imide groups is 1. The molecule has 1 saturated carbocycles. The fourth-order valence-electron chi connectivity index (χ4n) is 6.54. The van der Waals surface area contributed by atoms with Gasteiger partial charge in [0, 0.05) is 26.3 Å². The Bertz CT molecular complexity index is 1990. The van der Waals surface area contributed by atoms with Gasteiger partial charge in [-0.3, -0.25) is 13.9 Å². The highest BCUT2D eigenvalue weighted by Gasteiger charge is 2.41. The molecule has 1 aliphatic carbocycles. The number of carbonyl (C=O) groups is 3. The SMILES string of the molecule is CNC(=O)c1c(-c2ccc(C)cc2)oc2nc(N(CCCC(COC)C(=O)N3C(=O)OCC3Cc3ccccc3)S(C)(=O)=O)c(C3CC3)cc12. The number of anilines is 1. The molecule has 2 atom stereocenters. The molecule has 4 aromatic rings. The van der Waals surface area contributed by atoms with E-state index in [1.807, 2.05) is 67.6 Å². The average molecular weight is 703 g/mol. The molecule has 2 fully saturated rings. The van der Waals surface area contributed by atoms with Gasteiger partial charge in [0.05, 0.1) is 35.8 Å². The van der Waals surface area contributed by atoms with Gasteiger partial charge in [0.2, 0.25) is 21.6 Å². The minimum absolute atomic E-state index is 0.0241. The summed E-state index contributed by atoms with van der Waals surface area (Å²) in [6.07, 6.45) is 3.13. The van der Waals surface area contributed by atoms with E-state index >= 15 is 0 Å². The number of ether oxygens (including phenoxy) is 2. The molecule has 264 valence electrons. The van der Waals surface area contributed by atoms with Crippen molar-refractivity contribution in [1.29, 1.82) is 0 Å². The van der Waals surface area contributed by atoms with Crippen LogP contribution in [0.5, 0.6) is 0 Å². The maximum Gasteiger partial charge on any atom is 0.416 e. The molecule has 3 amide bonds. The van der Waals surface area contributed by atoms with E-state index in [1.165, 1.54) is 16.3 Å². The Labute approximate surface area is 291 Å². The maximum absolute atomic E-state index is 13.8. The zero-order valence-electron chi connectivity index (χ0n) is 28.7. The van der Waals surface area contributed by atoms with Gasteiger partial charge in [-0.15, -0.1) is 0 Å². The highest BCUT2D eigenvalue weighted by Crippen LogP contribution is 2.47. The molecule has 3 heterocycles. The second-order valence-electron chi connectivity index (χ2n) is 13.0. The number of aryl methyl sites for hydroxylation is 1. The molecule has 0 spiro atoms. The summed E-state index contributed by atoms with van der Waals surface area (Å²) < 4.78 is 44.9. The molecule has 0 radical (unpaired) electrons. The van der Waals surface area contributed by atoms with Crippen molar-refractivity contribution in [3.63, 3.8) is 0 Å². The van der Waals surface area contributed by atoms with Crippen molar-refractivity contribution in [2.45, 2.75) is 51.0 Å². The summed E-state index contributed by atoms with van der Waals surface area (Å²) in [5, 5.41) is 3.21. The van der Waals surface area contributed by atoms with Crippen molar-refractivity contribution in [1.82, 2.24) is 15.2 Å². The Hall–Kier alpha value is -4.75. The first-order chi connectivity index (χ1) is 24.0. The highest BCUT2D eigenvalue weighted by atomic mass is 32.2. The molecule has 2 unspecified atom stereocenters. The van der Waals surface area contributed by atoms with Crippen LogP contribution in [0.25, 0.3) is 22.4 Å². The lowest BCUT2D eigenvalue weighted by Gasteiger charge is -2.27. The van der Waals surface area contributed by atoms with Gasteiger partial charge in [-0.1, -0.05) is 60.2 Å². The fraction of sp³-hybridized carbons (Fsp3) is 0.405. The number of methoxy groups -OCH3 is 1. The van der Waals surface area contributed by atoms with Crippen LogP contribution in [0.1, 0.15) is 58.6 Å². The lowest BCUT2D eigenvalue weighted by atomic mass is 10.00. The average Bonchev–Trinajstić information content (AvgIpc) is 3.79. The highest BCUT2D eigenvalue weighted by molar-refractivity contribution is 7.92. The summed E-state index contributed by atoms with van der Waals surface area (Å²) in [6, 6.07) is 18.5. The Morgan fingerprint density at radius 1 is 1.12 bits per heavy atom. The van der Waals surface area contributed by atoms with E-state index in [0.29, 0.717) is 28.7 Å². The number of furan rings is 1. The van der Waals surface area contributed by atoms with Gasteiger partial charge < -0.3 is 19.2 Å². The van der Waals surface area contributed by atoms with Gasteiger partial charge in [0.25, 0.3) is 5.91 Å². The minimum atomic E-state index is -3.85. The third-order valence-electron chi connectivity index (χ3n) is 9.26. The van der Waals surface area contributed by atoms with E-state index < -0.39 is 34.0 Å². The lowest BCUT2D eigenvalue weighted by Crippen LogP contribution is -2.45. The number of aromatic nitrogens is 1. The van der Waals surface area contributed by atoms with Crippen LogP contribution >= 0.6 is 0 Å². The Morgan fingerprint density at radius 2 is 1.84 bits per heavy atom. The molecule has 13 heteroatoms. The largest absolute Gasteiger partial charge is 0.447 e. The van der Waals surface area contributed by atoms with Crippen molar-refractivity contribution >= 4 is 44.8 Å². The number of benzene rings is 2. The molecule has 12 nitrogen and oxygen atoms in total. The molecule has 1 saturated heterocycles. The van der Waals surface area contributed by atoms with Gasteiger partial charge in [-0.25, -0.2) is 18.1 Å². The Morgan fingerprint density at radius 3 is 2.48 bits per heavy atom. The molecule has 2 aliphatic rings. The predicted octanol–water partition coefficient (Wildman–Crippen LogP) is 5.44. The van der Waals surface area contributed by atoms with E-state index in [4.69, 9.17) is 18.9 Å². The second kappa shape index (κ2) is 14.6. The van der Waals surface area contributed by atoms with Gasteiger partial charge in [-0.05, 0) is 62.1 Å². The van der Waals surface area contributed by atoms with Crippen molar-refractivity contribution in [3.05, 3.63) is 82.9 Å². The molecule has 6 rings (SSSR count). The van der Waals surface area contributed by atoms with Crippen molar-refractivity contribution < 1.29 is 36.7 Å². The topological polar surface area (TPSA) is 148 Å². The Balaban J connectivity index is 1.28. The summed E-state index contributed by atoms with van der Waals surface area (Å²) in [5.41, 5.74) is 3.93. The number of fused-ring (bicyclic) bond motifs is 1. The number of hydrogen-bond donors (Lipinski definition) is 1. The molecule has 50 heavy (non-hydrogen) atoms. The fourth-order valence-corrected chi connectivity index (χ4v) is 7.46. The Kier molecular flexibility index (Phi) is 10.3. The summed E-state index contributed by atoms with van der Waals surface area (Å²) in [4.78, 5) is 45.7. The smallest absolute Gasteiger partial charge is 0.416 e. The number of rotatable bonds is 14. The number of carbonyl (C=O) groups excluding carboxylic acids is 3. The number of cyclic esters (lactones) is 1. The van der Waals surface area contributed by atoms with Gasteiger partial charge in [-0.2, -0.15) is 4.98 Å². The third-order valence-corrected chi connectivity index (χ3v) is 10.4. The summed E-state index contributed by atoms with van der Waals surface area (Å²) in [5.74, 6) is -0.787. The monoisotopic (exact) mass is 702 g/mol. The number of nitrogens with zero attached hydrogens (tertiary/aromatic N) is 3. The van der Waals surface area contributed by atoms with Crippen molar-refractivity contribution in [3.8, 4) is 11.3 Å². The van der Waals surface area contributed by atoms with Crippen LogP contribution in [-0.2, 0) is 30.7 Å². The third kappa shape index (κ3) is 7.38. The lowest BCUT2D eigenvalue weighted by molar-refractivity contribution is -0.135. The second-order valence-corrected chi connectivity index (χ2v) is 14.9. The first kappa shape index (κ1) is 35.1. The molecule has 2 aromatic heterocycles. The minimum Gasteiger partial charge on any atom is -0.447 e. The molecule has 0 bridgehead atoms. The van der Waals surface area contributed by atoms with Gasteiger partial charge in [0.15, 0.2) is 0 Å². The molecular formula is C37H42N4O8S. The van der Waals surface area contributed by atoms with E-state index in [9.17, 15) is 22.8 Å².